The van der Waals surface area contributed by atoms with Crippen LogP contribution < -0.4 is 5.56 Å². The van der Waals surface area contributed by atoms with E-state index < -0.39 is 0 Å². The van der Waals surface area contributed by atoms with Gasteiger partial charge in [-0.05, 0) is 35.7 Å². The summed E-state index contributed by atoms with van der Waals surface area (Å²) in [5.41, 5.74) is 2.87. The molecule has 0 N–H and O–H groups in total. The molecule has 29 heavy (non-hydrogen) atoms. The van der Waals surface area contributed by atoms with Crippen molar-refractivity contribution in [3.8, 4) is 11.4 Å². The van der Waals surface area contributed by atoms with E-state index in [9.17, 15) is 4.79 Å². The van der Waals surface area contributed by atoms with Gasteiger partial charge in [-0.3, -0.25) is 9.36 Å². The molecule has 0 amide bonds. The fourth-order valence-corrected chi connectivity index (χ4v) is 4.83. The van der Waals surface area contributed by atoms with Crippen molar-refractivity contribution in [1.29, 1.82) is 0 Å². The summed E-state index contributed by atoms with van der Waals surface area (Å²) in [5, 5.41) is 7.70. The van der Waals surface area contributed by atoms with Gasteiger partial charge in [0.2, 0.25) is 0 Å². The summed E-state index contributed by atoms with van der Waals surface area (Å²) in [7, 11) is 0. The molecule has 142 valence electrons. The second-order valence-corrected chi connectivity index (χ2v) is 8.26. The fourth-order valence-electron chi connectivity index (χ4n) is 3.10. The summed E-state index contributed by atoms with van der Waals surface area (Å²) in [4.78, 5) is 18.6. The van der Waals surface area contributed by atoms with E-state index in [1.807, 2.05) is 89.2 Å². The van der Waals surface area contributed by atoms with E-state index in [2.05, 4.69) is 5.10 Å². The van der Waals surface area contributed by atoms with Crippen LogP contribution in [0.25, 0.3) is 21.6 Å². The predicted molar refractivity (Wildman–Crippen MR) is 118 cm³/mol. The van der Waals surface area contributed by atoms with Gasteiger partial charge < -0.3 is 0 Å². The molecule has 0 bridgehead atoms. The zero-order valence-electron chi connectivity index (χ0n) is 15.3. The van der Waals surface area contributed by atoms with E-state index in [0.29, 0.717) is 16.3 Å². The molecule has 0 saturated heterocycles. The Morgan fingerprint density at radius 1 is 0.931 bits per heavy atom. The second-order valence-electron chi connectivity index (χ2n) is 6.43. The molecule has 0 aliphatic heterocycles. The fraction of sp³-hybridized carbons (Fsp3) is 0.0455. The first-order valence-corrected chi connectivity index (χ1v) is 10.9. The van der Waals surface area contributed by atoms with Crippen LogP contribution in [0.1, 0.15) is 5.56 Å². The number of para-hydroxylation sites is 2. The van der Waals surface area contributed by atoms with Crippen molar-refractivity contribution < 1.29 is 0 Å². The molecule has 7 heteroatoms. The van der Waals surface area contributed by atoms with Crippen LogP contribution >= 0.6 is 23.1 Å². The summed E-state index contributed by atoms with van der Waals surface area (Å²) in [6.45, 7) is 0. The van der Waals surface area contributed by atoms with Crippen LogP contribution in [0.4, 0.5) is 0 Å². The first-order chi connectivity index (χ1) is 14.3. The van der Waals surface area contributed by atoms with Crippen LogP contribution in [0.3, 0.4) is 0 Å². The standard InChI is InChI=1S/C22H16N4OS2/c27-21-19-11-12-28-20(19)24-22(26(21)18-9-5-2-6-10-18)29-15-16-13-23-25(14-16)17-7-3-1-4-8-17/h1-14H,15H2. The van der Waals surface area contributed by atoms with Gasteiger partial charge in [0, 0.05) is 17.5 Å². The Morgan fingerprint density at radius 3 is 2.41 bits per heavy atom. The molecule has 5 rings (SSSR count). The summed E-state index contributed by atoms with van der Waals surface area (Å²) < 4.78 is 3.55. The predicted octanol–water partition coefficient (Wildman–Crippen LogP) is 4.93. The van der Waals surface area contributed by atoms with Crippen molar-refractivity contribution in [2.75, 3.05) is 0 Å². The molecule has 0 radical (unpaired) electrons. The van der Waals surface area contributed by atoms with Crippen LogP contribution in [0, 0.1) is 0 Å². The topological polar surface area (TPSA) is 52.7 Å². The number of hydrogen-bond acceptors (Lipinski definition) is 5. The van der Waals surface area contributed by atoms with Crippen LogP contribution in [0.5, 0.6) is 0 Å². The van der Waals surface area contributed by atoms with Gasteiger partial charge in [0.05, 0.1) is 23.0 Å². The van der Waals surface area contributed by atoms with E-state index in [1.165, 1.54) is 11.3 Å². The Labute approximate surface area is 175 Å². The zero-order chi connectivity index (χ0) is 19.6. The zero-order valence-corrected chi connectivity index (χ0v) is 16.9. The highest BCUT2D eigenvalue weighted by Crippen LogP contribution is 2.26. The van der Waals surface area contributed by atoms with Gasteiger partial charge >= 0.3 is 0 Å². The third kappa shape index (κ3) is 3.50. The number of benzene rings is 2. The molecule has 3 heterocycles. The second kappa shape index (κ2) is 7.69. The number of aromatic nitrogens is 4. The van der Waals surface area contributed by atoms with E-state index >= 15 is 0 Å². The Morgan fingerprint density at radius 2 is 1.66 bits per heavy atom. The first kappa shape index (κ1) is 17.9. The molecular weight excluding hydrogens is 400 g/mol. The molecule has 5 nitrogen and oxygen atoms in total. The molecule has 0 fully saturated rings. The van der Waals surface area contributed by atoms with E-state index in [4.69, 9.17) is 4.98 Å². The molecule has 3 aromatic heterocycles. The maximum absolute atomic E-state index is 13.1. The lowest BCUT2D eigenvalue weighted by Gasteiger charge is -2.11. The van der Waals surface area contributed by atoms with Crippen LogP contribution in [0.15, 0.2) is 94.5 Å². The lowest BCUT2D eigenvalue weighted by molar-refractivity contribution is 0.822. The molecule has 0 atom stereocenters. The first-order valence-electron chi connectivity index (χ1n) is 9.07. The maximum atomic E-state index is 13.1. The van der Waals surface area contributed by atoms with Crippen LogP contribution in [-0.4, -0.2) is 19.3 Å². The molecule has 0 unspecified atom stereocenters. The Hall–Kier alpha value is -3.16. The van der Waals surface area contributed by atoms with Crippen molar-refractivity contribution in [3.05, 3.63) is 100 Å². The van der Waals surface area contributed by atoms with Gasteiger partial charge in [-0.15, -0.1) is 11.3 Å². The van der Waals surface area contributed by atoms with Gasteiger partial charge in [0.15, 0.2) is 5.16 Å². The number of hydrogen-bond donors (Lipinski definition) is 0. The van der Waals surface area contributed by atoms with Gasteiger partial charge in [-0.1, -0.05) is 48.2 Å². The highest BCUT2D eigenvalue weighted by Gasteiger charge is 2.14. The minimum absolute atomic E-state index is 0.0371. The van der Waals surface area contributed by atoms with Gasteiger partial charge in [-0.25, -0.2) is 9.67 Å². The minimum Gasteiger partial charge on any atom is -0.268 e. The molecule has 0 aliphatic rings. The summed E-state index contributed by atoms with van der Waals surface area (Å²) in [6, 6.07) is 21.5. The monoisotopic (exact) mass is 416 g/mol. The molecule has 0 saturated carbocycles. The summed E-state index contributed by atoms with van der Waals surface area (Å²) >= 11 is 3.03. The number of thioether (sulfide) groups is 1. The van der Waals surface area contributed by atoms with Gasteiger partial charge in [0.1, 0.15) is 4.83 Å². The van der Waals surface area contributed by atoms with Gasteiger partial charge in [-0.2, -0.15) is 5.10 Å². The lowest BCUT2D eigenvalue weighted by atomic mass is 10.3. The van der Waals surface area contributed by atoms with Crippen molar-refractivity contribution in [2.24, 2.45) is 0 Å². The Bertz CT molecular complexity index is 1320. The largest absolute Gasteiger partial charge is 0.268 e. The number of thiophene rings is 1. The average molecular weight is 417 g/mol. The third-order valence-electron chi connectivity index (χ3n) is 4.51. The number of fused-ring (bicyclic) bond motifs is 1. The van der Waals surface area contributed by atoms with Crippen molar-refractivity contribution in [3.63, 3.8) is 0 Å². The smallest absolute Gasteiger partial charge is 0.267 e. The van der Waals surface area contributed by atoms with Crippen molar-refractivity contribution >= 4 is 33.3 Å². The molecular formula is C22H16N4OS2. The SMILES string of the molecule is O=c1c2ccsc2nc(SCc2cnn(-c3ccccc3)c2)n1-c1ccccc1. The van der Waals surface area contributed by atoms with Crippen LogP contribution in [0.2, 0.25) is 0 Å². The van der Waals surface area contributed by atoms with E-state index in [0.717, 1.165) is 21.8 Å². The third-order valence-corrected chi connectivity index (χ3v) is 6.32. The summed E-state index contributed by atoms with van der Waals surface area (Å²) in [5.74, 6) is 0.670. The molecule has 2 aromatic carbocycles. The Balaban J connectivity index is 1.49. The Kier molecular flexibility index (Phi) is 4.75. The number of rotatable bonds is 5. The summed E-state index contributed by atoms with van der Waals surface area (Å²) in [6.07, 6.45) is 3.87. The highest BCUT2D eigenvalue weighted by molar-refractivity contribution is 7.98. The van der Waals surface area contributed by atoms with Crippen molar-refractivity contribution in [1.82, 2.24) is 19.3 Å². The molecule has 5 aromatic rings. The van der Waals surface area contributed by atoms with Gasteiger partial charge in [0.25, 0.3) is 5.56 Å². The van der Waals surface area contributed by atoms with E-state index in [-0.39, 0.29) is 5.56 Å². The quantitative estimate of drug-likeness (QED) is 0.301. The minimum atomic E-state index is -0.0371. The molecule has 0 spiro atoms. The van der Waals surface area contributed by atoms with Crippen LogP contribution in [-0.2, 0) is 5.75 Å². The highest BCUT2D eigenvalue weighted by atomic mass is 32.2. The van der Waals surface area contributed by atoms with Crippen molar-refractivity contribution in [2.45, 2.75) is 10.9 Å². The number of nitrogens with zero attached hydrogens (tertiary/aromatic N) is 4. The molecule has 0 aliphatic carbocycles. The average Bonchev–Trinajstić information content (AvgIpc) is 3.43. The lowest BCUT2D eigenvalue weighted by Crippen LogP contribution is -2.21. The normalized spacial score (nSPS) is 11.2. The van der Waals surface area contributed by atoms with E-state index in [1.54, 1.807) is 16.3 Å². The maximum Gasteiger partial charge on any atom is 0.267 e.